The third kappa shape index (κ3) is 6.72. The monoisotopic (exact) mass is 387 g/mol. The van der Waals surface area contributed by atoms with Crippen molar-refractivity contribution in [2.45, 2.75) is 57.6 Å². The summed E-state index contributed by atoms with van der Waals surface area (Å²) in [6.45, 7) is 2.80. The molecule has 0 aliphatic heterocycles. The molecular formula is C21H29N3O2S. The minimum atomic E-state index is -0.517. The highest BCUT2D eigenvalue weighted by atomic mass is 32.1. The lowest BCUT2D eigenvalue weighted by Crippen LogP contribution is -2.37. The number of hydrogen-bond donors (Lipinski definition) is 2. The number of hydrogen-bond acceptors (Lipinski definition) is 6. The molecule has 1 unspecified atom stereocenters. The molecule has 1 aromatic heterocycles. The molecule has 0 saturated heterocycles. The quantitative estimate of drug-likeness (QED) is 0.669. The zero-order valence-electron chi connectivity index (χ0n) is 15.9. The lowest BCUT2D eigenvalue weighted by Gasteiger charge is -2.19. The summed E-state index contributed by atoms with van der Waals surface area (Å²) in [5.41, 5.74) is 0.967. The molecule has 1 heterocycles. The molecule has 0 radical (unpaired) electrons. The van der Waals surface area contributed by atoms with Crippen molar-refractivity contribution >= 4 is 23.5 Å². The first-order chi connectivity index (χ1) is 13.2. The predicted molar refractivity (Wildman–Crippen MR) is 111 cm³/mol. The lowest BCUT2D eigenvalue weighted by atomic mass is 10.1. The maximum Gasteiger partial charge on any atom is 0.140 e. The molecule has 1 atom stereocenters. The van der Waals surface area contributed by atoms with Gasteiger partial charge in [-0.25, -0.2) is 0 Å². The van der Waals surface area contributed by atoms with Crippen molar-refractivity contribution in [2.75, 3.05) is 13.2 Å². The Morgan fingerprint density at radius 3 is 2.70 bits per heavy atom. The van der Waals surface area contributed by atoms with Crippen molar-refractivity contribution in [3.8, 4) is 5.75 Å². The van der Waals surface area contributed by atoms with E-state index in [1.807, 2.05) is 43.3 Å². The highest BCUT2D eigenvalue weighted by Crippen LogP contribution is 2.22. The molecule has 27 heavy (non-hydrogen) atoms. The molecule has 1 aliphatic carbocycles. The largest absolute Gasteiger partial charge is 0.490 e. The fourth-order valence-electron chi connectivity index (χ4n) is 3.32. The summed E-state index contributed by atoms with van der Waals surface area (Å²) in [6.07, 6.45) is 11.1. The van der Waals surface area contributed by atoms with Crippen LogP contribution >= 0.6 is 11.3 Å². The Hall–Kier alpha value is -1.76. The second-order valence-corrected chi connectivity index (χ2v) is 8.31. The summed E-state index contributed by atoms with van der Waals surface area (Å²) < 4.78 is 5.88. The van der Waals surface area contributed by atoms with Gasteiger partial charge in [0.15, 0.2) is 0 Å². The van der Waals surface area contributed by atoms with E-state index in [0.717, 1.165) is 21.3 Å². The fraction of sp³-hybridized carbons (Fsp3) is 0.524. The van der Waals surface area contributed by atoms with Crippen LogP contribution in [0, 0.1) is 6.92 Å². The van der Waals surface area contributed by atoms with Gasteiger partial charge in [-0.05, 0) is 38.0 Å². The smallest absolute Gasteiger partial charge is 0.140 e. The van der Waals surface area contributed by atoms with E-state index in [1.54, 1.807) is 11.3 Å². The number of aliphatic hydroxyl groups is 1. The highest BCUT2D eigenvalue weighted by Gasteiger charge is 2.14. The van der Waals surface area contributed by atoms with Crippen LogP contribution in [-0.2, 0) is 0 Å². The summed E-state index contributed by atoms with van der Waals surface area (Å²) in [5, 5.41) is 23.7. The van der Waals surface area contributed by atoms with Crippen molar-refractivity contribution in [1.29, 1.82) is 0 Å². The molecule has 6 heteroatoms. The van der Waals surface area contributed by atoms with Gasteiger partial charge in [0.25, 0.3) is 0 Å². The van der Waals surface area contributed by atoms with E-state index in [1.165, 1.54) is 38.5 Å². The van der Waals surface area contributed by atoms with Gasteiger partial charge in [0.2, 0.25) is 0 Å². The summed E-state index contributed by atoms with van der Waals surface area (Å²) in [7, 11) is 0. The summed E-state index contributed by atoms with van der Waals surface area (Å²) in [6, 6.07) is 8.37. The third-order valence-electron chi connectivity index (χ3n) is 4.79. The number of ether oxygens (including phenoxy) is 1. The van der Waals surface area contributed by atoms with E-state index in [4.69, 9.17) is 4.74 Å². The second kappa shape index (κ2) is 10.5. The van der Waals surface area contributed by atoms with Crippen molar-refractivity contribution < 1.29 is 9.84 Å². The second-order valence-electron chi connectivity index (χ2n) is 7.09. The number of nitrogens with one attached hydrogen (secondary N) is 1. The molecule has 1 aliphatic rings. The van der Waals surface area contributed by atoms with E-state index >= 15 is 0 Å². The Balaban J connectivity index is 1.49. The Bertz CT molecular complexity index is 724. The number of nitrogens with zero attached hydrogens (tertiary/aromatic N) is 2. The summed E-state index contributed by atoms with van der Waals surface area (Å²) in [4.78, 5) is 0. The van der Waals surface area contributed by atoms with Crippen LogP contribution < -0.4 is 10.1 Å². The van der Waals surface area contributed by atoms with Gasteiger partial charge < -0.3 is 15.2 Å². The van der Waals surface area contributed by atoms with Crippen LogP contribution in [0.5, 0.6) is 5.75 Å². The maximum absolute atomic E-state index is 10.3. The SMILES string of the molecule is Cc1nnc(C=Cc2ccccc2OCC(O)CNC2CCCCCC2)s1. The van der Waals surface area contributed by atoms with E-state index in [0.29, 0.717) is 12.6 Å². The summed E-state index contributed by atoms with van der Waals surface area (Å²) in [5.74, 6) is 0.767. The normalized spacial score (nSPS) is 17.1. The Morgan fingerprint density at radius 1 is 1.19 bits per heavy atom. The van der Waals surface area contributed by atoms with Gasteiger partial charge in [-0.2, -0.15) is 0 Å². The fourth-order valence-corrected chi connectivity index (χ4v) is 3.92. The van der Waals surface area contributed by atoms with Gasteiger partial charge in [0, 0.05) is 18.2 Å². The van der Waals surface area contributed by atoms with Crippen molar-refractivity contribution in [1.82, 2.24) is 15.5 Å². The molecule has 0 bridgehead atoms. The number of aryl methyl sites for hydroxylation is 1. The Labute approximate surface area is 165 Å². The van der Waals surface area contributed by atoms with Crippen LogP contribution in [0.2, 0.25) is 0 Å². The molecule has 146 valence electrons. The van der Waals surface area contributed by atoms with E-state index < -0.39 is 6.10 Å². The number of aromatic nitrogens is 2. The van der Waals surface area contributed by atoms with Gasteiger partial charge in [-0.3, -0.25) is 0 Å². The number of aliphatic hydroxyl groups excluding tert-OH is 1. The van der Waals surface area contributed by atoms with Gasteiger partial charge in [-0.15, -0.1) is 10.2 Å². The lowest BCUT2D eigenvalue weighted by molar-refractivity contribution is 0.103. The molecule has 3 rings (SSSR count). The first-order valence-corrected chi connectivity index (χ1v) is 10.6. The Morgan fingerprint density at radius 2 is 1.96 bits per heavy atom. The van der Waals surface area contributed by atoms with E-state index in [2.05, 4.69) is 15.5 Å². The van der Waals surface area contributed by atoms with Crippen molar-refractivity contribution in [3.63, 3.8) is 0 Å². The average Bonchev–Trinajstić information content (AvgIpc) is 2.93. The number of rotatable bonds is 8. The zero-order valence-corrected chi connectivity index (χ0v) is 16.8. The highest BCUT2D eigenvalue weighted by molar-refractivity contribution is 7.12. The standard InChI is InChI=1S/C21H29N3O2S/c1-16-23-24-21(27-16)13-12-17-8-6-7-11-20(17)26-15-19(25)14-22-18-9-4-2-3-5-10-18/h6-8,11-13,18-19,22,25H,2-5,9-10,14-15H2,1H3. The first kappa shape index (κ1) is 20.0. The van der Waals surface area contributed by atoms with Crippen LogP contribution in [0.1, 0.15) is 54.1 Å². The topological polar surface area (TPSA) is 67.3 Å². The van der Waals surface area contributed by atoms with Crippen LogP contribution in [0.3, 0.4) is 0 Å². The minimum Gasteiger partial charge on any atom is -0.490 e. The van der Waals surface area contributed by atoms with Gasteiger partial charge in [0.1, 0.15) is 28.5 Å². The molecule has 2 N–H and O–H groups in total. The Kier molecular flexibility index (Phi) is 7.80. The molecule has 0 spiro atoms. The van der Waals surface area contributed by atoms with Crippen LogP contribution in [0.4, 0.5) is 0 Å². The number of benzene rings is 1. The van der Waals surface area contributed by atoms with Crippen LogP contribution in [0.15, 0.2) is 24.3 Å². The van der Waals surface area contributed by atoms with E-state index in [-0.39, 0.29) is 6.61 Å². The predicted octanol–water partition coefficient (Wildman–Crippen LogP) is 4.07. The number of para-hydroxylation sites is 1. The first-order valence-electron chi connectivity index (χ1n) is 9.82. The molecular weight excluding hydrogens is 358 g/mol. The van der Waals surface area contributed by atoms with Crippen molar-refractivity contribution in [2.24, 2.45) is 0 Å². The molecule has 2 aromatic rings. The van der Waals surface area contributed by atoms with Gasteiger partial charge in [0.05, 0.1) is 0 Å². The maximum atomic E-state index is 10.3. The summed E-state index contributed by atoms with van der Waals surface area (Å²) >= 11 is 1.55. The van der Waals surface area contributed by atoms with Crippen LogP contribution in [-0.4, -0.2) is 40.6 Å². The minimum absolute atomic E-state index is 0.280. The van der Waals surface area contributed by atoms with Crippen molar-refractivity contribution in [3.05, 3.63) is 39.8 Å². The van der Waals surface area contributed by atoms with Gasteiger partial charge in [-0.1, -0.05) is 55.2 Å². The van der Waals surface area contributed by atoms with E-state index in [9.17, 15) is 5.11 Å². The molecule has 5 nitrogen and oxygen atoms in total. The molecule has 1 aromatic carbocycles. The average molecular weight is 388 g/mol. The molecule has 0 amide bonds. The van der Waals surface area contributed by atoms with Gasteiger partial charge >= 0.3 is 0 Å². The molecule has 1 saturated carbocycles. The van der Waals surface area contributed by atoms with Crippen LogP contribution in [0.25, 0.3) is 12.2 Å². The third-order valence-corrected chi connectivity index (χ3v) is 5.60. The molecule has 1 fully saturated rings. The zero-order chi connectivity index (χ0) is 18.9.